The molecule has 0 unspecified atom stereocenters. The normalized spacial score (nSPS) is 19.7. The Balaban J connectivity index is 2.15. The van der Waals surface area contributed by atoms with Crippen molar-refractivity contribution in [3.8, 4) is 0 Å². The molecule has 5 heteroatoms. The van der Waals surface area contributed by atoms with E-state index in [0.29, 0.717) is 10.5 Å². The number of hydrogen-bond acceptors (Lipinski definition) is 4. The van der Waals surface area contributed by atoms with Crippen LogP contribution in [-0.4, -0.2) is 35.3 Å². The van der Waals surface area contributed by atoms with Gasteiger partial charge in [-0.2, -0.15) is 0 Å². The summed E-state index contributed by atoms with van der Waals surface area (Å²) in [6.45, 7) is 2.15. The Labute approximate surface area is 97.4 Å². The standard InChI is InChI=1S/C10H15BrN2O2/c1-13-4-2-7(3-5-13)9-8(6-14)10(11)12-15-9/h7,14H,2-6H2,1H3. The Bertz CT molecular complexity index is 332. The molecule has 2 rings (SSSR count). The number of hydrogen-bond donors (Lipinski definition) is 1. The first-order valence-corrected chi connectivity index (χ1v) is 5.95. The molecule has 4 nitrogen and oxygen atoms in total. The highest BCUT2D eigenvalue weighted by Crippen LogP contribution is 2.33. The maximum atomic E-state index is 9.23. The Morgan fingerprint density at radius 2 is 2.20 bits per heavy atom. The number of nitrogens with zero attached hydrogens (tertiary/aromatic N) is 2. The molecule has 15 heavy (non-hydrogen) atoms. The van der Waals surface area contributed by atoms with E-state index in [2.05, 4.69) is 33.0 Å². The van der Waals surface area contributed by atoms with Crippen LogP contribution in [-0.2, 0) is 6.61 Å². The zero-order valence-corrected chi connectivity index (χ0v) is 10.3. The molecule has 0 amide bonds. The molecule has 0 saturated carbocycles. The minimum Gasteiger partial charge on any atom is -0.391 e. The third-order valence-electron chi connectivity index (χ3n) is 3.02. The molecule has 1 aliphatic heterocycles. The van der Waals surface area contributed by atoms with Gasteiger partial charge in [0.1, 0.15) is 5.76 Å². The number of rotatable bonds is 2. The van der Waals surface area contributed by atoms with E-state index < -0.39 is 0 Å². The highest BCUT2D eigenvalue weighted by atomic mass is 79.9. The summed E-state index contributed by atoms with van der Waals surface area (Å²) in [6, 6.07) is 0. The zero-order valence-electron chi connectivity index (χ0n) is 8.74. The second kappa shape index (κ2) is 4.63. The minimum atomic E-state index is -0.00818. The van der Waals surface area contributed by atoms with Gasteiger partial charge < -0.3 is 14.5 Å². The number of likely N-dealkylation sites (tertiary alicyclic amines) is 1. The second-order valence-corrected chi connectivity index (χ2v) is 4.80. The van der Waals surface area contributed by atoms with E-state index in [1.54, 1.807) is 0 Å². The van der Waals surface area contributed by atoms with Crippen molar-refractivity contribution in [2.75, 3.05) is 20.1 Å². The Hall–Kier alpha value is -0.390. The predicted molar refractivity (Wildman–Crippen MR) is 59.6 cm³/mol. The van der Waals surface area contributed by atoms with Crippen LogP contribution < -0.4 is 0 Å². The van der Waals surface area contributed by atoms with Crippen molar-refractivity contribution < 1.29 is 9.63 Å². The van der Waals surface area contributed by atoms with Crippen molar-refractivity contribution >= 4 is 15.9 Å². The van der Waals surface area contributed by atoms with Gasteiger partial charge in [-0.3, -0.25) is 0 Å². The number of aromatic nitrogens is 1. The van der Waals surface area contributed by atoms with E-state index in [0.717, 1.165) is 37.3 Å². The molecular weight excluding hydrogens is 260 g/mol. The highest BCUT2D eigenvalue weighted by molar-refractivity contribution is 9.10. The van der Waals surface area contributed by atoms with Crippen molar-refractivity contribution in [1.29, 1.82) is 0 Å². The first-order chi connectivity index (χ1) is 7.22. The summed E-state index contributed by atoms with van der Waals surface area (Å²) in [5.74, 6) is 1.26. The lowest BCUT2D eigenvalue weighted by Crippen LogP contribution is -2.29. The summed E-state index contributed by atoms with van der Waals surface area (Å²) < 4.78 is 5.92. The minimum absolute atomic E-state index is 0.00818. The predicted octanol–water partition coefficient (Wildman–Crippen LogP) is 1.74. The maximum Gasteiger partial charge on any atom is 0.155 e. The fraction of sp³-hybridized carbons (Fsp3) is 0.700. The number of piperidine rings is 1. The third kappa shape index (κ3) is 2.24. The maximum absolute atomic E-state index is 9.23. The van der Waals surface area contributed by atoms with Gasteiger partial charge in [-0.05, 0) is 48.9 Å². The van der Waals surface area contributed by atoms with Crippen molar-refractivity contribution in [3.63, 3.8) is 0 Å². The topological polar surface area (TPSA) is 49.5 Å². The van der Waals surface area contributed by atoms with Crippen LogP contribution in [0.5, 0.6) is 0 Å². The van der Waals surface area contributed by atoms with Crippen LogP contribution >= 0.6 is 15.9 Å². The molecule has 1 aromatic heterocycles. The van der Waals surface area contributed by atoms with Gasteiger partial charge in [0.15, 0.2) is 4.60 Å². The fourth-order valence-corrected chi connectivity index (χ4v) is 2.43. The summed E-state index contributed by atoms with van der Waals surface area (Å²) in [4.78, 5) is 2.31. The van der Waals surface area contributed by atoms with Crippen LogP contribution in [0.4, 0.5) is 0 Å². The molecule has 84 valence electrons. The van der Waals surface area contributed by atoms with E-state index in [4.69, 9.17) is 4.52 Å². The van der Waals surface area contributed by atoms with Gasteiger partial charge in [-0.1, -0.05) is 5.16 Å². The van der Waals surface area contributed by atoms with Gasteiger partial charge in [0.25, 0.3) is 0 Å². The van der Waals surface area contributed by atoms with Crippen LogP contribution in [0, 0.1) is 0 Å². The summed E-state index contributed by atoms with van der Waals surface area (Å²) in [6.07, 6.45) is 2.15. The average Bonchev–Trinajstić information content (AvgIpc) is 2.61. The van der Waals surface area contributed by atoms with E-state index >= 15 is 0 Å². The van der Waals surface area contributed by atoms with Crippen LogP contribution in [0.3, 0.4) is 0 Å². The largest absolute Gasteiger partial charge is 0.391 e. The fourth-order valence-electron chi connectivity index (χ4n) is 2.04. The van der Waals surface area contributed by atoms with Gasteiger partial charge >= 0.3 is 0 Å². The van der Waals surface area contributed by atoms with Crippen LogP contribution in [0.1, 0.15) is 30.1 Å². The molecule has 0 radical (unpaired) electrons. The van der Waals surface area contributed by atoms with E-state index in [-0.39, 0.29) is 6.61 Å². The molecular formula is C10H15BrN2O2. The Morgan fingerprint density at radius 3 is 2.80 bits per heavy atom. The summed E-state index contributed by atoms with van der Waals surface area (Å²) in [5.41, 5.74) is 0.810. The first kappa shape index (κ1) is 11.1. The number of aliphatic hydroxyl groups is 1. The molecule has 0 atom stereocenters. The molecule has 0 aliphatic carbocycles. The van der Waals surface area contributed by atoms with Crippen molar-refractivity contribution in [1.82, 2.24) is 10.1 Å². The lowest BCUT2D eigenvalue weighted by atomic mass is 9.92. The molecule has 1 fully saturated rings. The SMILES string of the molecule is CN1CCC(c2onc(Br)c2CO)CC1. The molecule has 1 N–H and O–H groups in total. The lowest BCUT2D eigenvalue weighted by Gasteiger charge is -2.27. The Morgan fingerprint density at radius 1 is 1.53 bits per heavy atom. The van der Waals surface area contributed by atoms with Crippen molar-refractivity contribution in [2.45, 2.75) is 25.4 Å². The molecule has 0 aromatic carbocycles. The van der Waals surface area contributed by atoms with Crippen LogP contribution in [0.2, 0.25) is 0 Å². The third-order valence-corrected chi connectivity index (χ3v) is 3.64. The van der Waals surface area contributed by atoms with E-state index in [1.807, 2.05) is 0 Å². The van der Waals surface area contributed by atoms with Gasteiger partial charge in [-0.25, -0.2) is 0 Å². The molecule has 1 aromatic rings. The van der Waals surface area contributed by atoms with E-state index in [9.17, 15) is 5.11 Å². The summed E-state index contributed by atoms with van der Waals surface area (Å²) in [5, 5.41) is 13.1. The summed E-state index contributed by atoms with van der Waals surface area (Å²) in [7, 11) is 2.12. The smallest absolute Gasteiger partial charge is 0.155 e. The molecule has 0 spiro atoms. The second-order valence-electron chi connectivity index (χ2n) is 4.05. The molecule has 0 bridgehead atoms. The summed E-state index contributed by atoms with van der Waals surface area (Å²) >= 11 is 3.28. The first-order valence-electron chi connectivity index (χ1n) is 5.15. The lowest BCUT2D eigenvalue weighted by molar-refractivity contribution is 0.224. The van der Waals surface area contributed by atoms with Gasteiger partial charge in [-0.15, -0.1) is 0 Å². The van der Waals surface area contributed by atoms with Gasteiger partial charge in [0.05, 0.1) is 12.2 Å². The molecule has 1 aliphatic rings. The zero-order chi connectivity index (χ0) is 10.8. The molecule has 2 heterocycles. The van der Waals surface area contributed by atoms with Crippen molar-refractivity contribution in [3.05, 3.63) is 15.9 Å². The van der Waals surface area contributed by atoms with Crippen LogP contribution in [0.25, 0.3) is 0 Å². The van der Waals surface area contributed by atoms with Crippen molar-refractivity contribution in [2.24, 2.45) is 0 Å². The quantitative estimate of drug-likeness (QED) is 0.893. The van der Waals surface area contributed by atoms with Crippen LogP contribution in [0.15, 0.2) is 9.13 Å². The highest BCUT2D eigenvalue weighted by Gasteiger charge is 2.25. The number of aliphatic hydroxyl groups excluding tert-OH is 1. The molecule has 1 saturated heterocycles. The van der Waals surface area contributed by atoms with E-state index in [1.165, 1.54) is 0 Å². The average molecular weight is 275 g/mol. The van der Waals surface area contributed by atoms with Gasteiger partial charge in [0, 0.05) is 5.92 Å². The monoisotopic (exact) mass is 274 g/mol. The Kier molecular flexibility index (Phi) is 3.43. The van der Waals surface area contributed by atoms with Gasteiger partial charge in [0.2, 0.25) is 0 Å². The number of halogens is 1.